The molecular formula is C47H52F4N6O3. The van der Waals surface area contributed by atoms with Gasteiger partial charge in [-0.15, -0.1) is 0 Å². The van der Waals surface area contributed by atoms with Gasteiger partial charge in [0, 0.05) is 88.3 Å². The number of aromatic nitrogens is 2. The topological polar surface area (TPSA) is 120 Å². The number of hydrogen-bond acceptors (Lipinski definition) is 7. The van der Waals surface area contributed by atoms with Crippen molar-refractivity contribution in [2.45, 2.75) is 64.1 Å². The molecular weight excluding hydrogens is 773 g/mol. The van der Waals surface area contributed by atoms with Gasteiger partial charge in [0.25, 0.3) is 0 Å². The molecule has 1 atom stereocenters. The molecule has 13 heteroatoms. The van der Waals surface area contributed by atoms with E-state index in [1.165, 1.54) is 30.8 Å². The zero-order chi connectivity index (χ0) is 42.8. The number of pyridine rings is 1. The Kier molecular flexibility index (Phi) is 12.1. The number of nitrogens with one attached hydrogen (secondary N) is 2. The van der Waals surface area contributed by atoms with Crippen molar-refractivity contribution in [3.63, 3.8) is 0 Å². The molecule has 2 aliphatic rings. The molecule has 6 aromatic rings. The normalized spacial score (nSPS) is 15.6. The Balaban J connectivity index is 0.000000185. The summed E-state index contributed by atoms with van der Waals surface area (Å²) in [4.78, 5) is 24.4. The monoisotopic (exact) mass is 824 g/mol. The molecule has 316 valence electrons. The summed E-state index contributed by atoms with van der Waals surface area (Å²) in [6, 6.07) is 27.5. The Morgan fingerprint density at radius 2 is 1.68 bits per heavy atom. The molecule has 9 nitrogen and oxygen atoms in total. The van der Waals surface area contributed by atoms with E-state index in [0.717, 1.165) is 54.0 Å². The zero-order valence-electron chi connectivity index (χ0n) is 34.4. The molecule has 1 amide bonds. The predicted molar refractivity (Wildman–Crippen MR) is 230 cm³/mol. The van der Waals surface area contributed by atoms with E-state index >= 15 is 0 Å². The maximum absolute atomic E-state index is 14.2. The van der Waals surface area contributed by atoms with E-state index in [9.17, 15) is 27.5 Å². The van der Waals surface area contributed by atoms with Crippen LogP contribution >= 0.6 is 0 Å². The van der Waals surface area contributed by atoms with Gasteiger partial charge in [0.1, 0.15) is 11.6 Å². The molecule has 0 bridgehead atoms. The second-order valence-corrected chi connectivity index (χ2v) is 16.5. The first-order valence-corrected chi connectivity index (χ1v) is 20.4. The number of H-pyrrole nitrogens is 1. The van der Waals surface area contributed by atoms with Gasteiger partial charge in [0.05, 0.1) is 18.7 Å². The fraction of sp³-hybridized carbons (Fsp3) is 0.362. The van der Waals surface area contributed by atoms with Crippen LogP contribution in [0, 0.1) is 12.7 Å². The lowest BCUT2D eigenvalue weighted by Gasteiger charge is -2.38. The standard InChI is InChI=1S/C25H26F4N2O2.C22H26N4O/c1-15-7-8-18-20(5-4-6-21(18)31-15)30-14-24(32,25(27,28)29)13-23(2,3)19-12-17(26)11-16-9-10-33-22(16)19;1-2-10-25-11-13-26(14-12-25)17-8-6-16(7-9-17)21-15-19-18(22(23)27)4-3-5-20(19)24-21/h4-8,11-12,30,32H,9-10,13-14H2,1-3H3;3-9,15,24H,2,10-14H2,1H3,(H2,23,27)/t24-;/m1./s1. The number of carbonyl (C=O) groups excluding carboxylic acids is 1. The minimum atomic E-state index is -4.92. The number of benzene rings is 4. The summed E-state index contributed by atoms with van der Waals surface area (Å²) < 4.78 is 62.3. The summed E-state index contributed by atoms with van der Waals surface area (Å²) >= 11 is 0. The molecule has 0 unspecified atom stereocenters. The Bertz CT molecular complexity index is 2480. The number of primary amides is 1. The van der Waals surface area contributed by atoms with Gasteiger partial charge in [-0.05, 0) is 104 Å². The smallest absolute Gasteiger partial charge is 0.418 e. The third kappa shape index (κ3) is 9.07. The Labute approximate surface area is 347 Å². The molecule has 4 aromatic carbocycles. The molecule has 0 radical (unpaired) electrons. The first-order valence-electron chi connectivity index (χ1n) is 20.4. The first kappa shape index (κ1) is 42.5. The van der Waals surface area contributed by atoms with Crippen LogP contribution in [0.15, 0.2) is 91.0 Å². The van der Waals surface area contributed by atoms with Crippen LogP contribution in [0.1, 0.15) is 60.8 Å². The van der Waals surface area contributed by atoms with E-state index in [1.807, 2.05) is 25.1 Å². The number of nitrogens with zero attached hydrogens (tertiary/aromatic N) is 3. The minimum absolute atomic E-state index is 0.322. The summed E-state index contributed by atoms with van der Waals surface area (Å²) in [7, 11) is 0. The molecule has 8 rings (SSSR count). The number of aryl methyl sites for hydroxylation is 1. The molecule has 0 saturated carbocycles. The predicted octanol–water partition coefficient (Wildman–Crippen LogP) is 9.16. The van der Waals surface area contributed by atoms with Crippen LogP contribution in [0.3, 0.4) is 0 Å². The average molecular weight is 825 g/mol. The number of fused-ring (bicyclic) bond motifs is 3. The third-order valence-electron chi connectivity index (χ3n) is 11.6. The highest BCUT2D eigenvalue weighted by atomic mass is 19.4. The van der Waals surface area contributed by atoms with Gasteiger partial charge in [0.2, 0.25) is 5.91 Å². The van der Waals surface area contributed by atoms with Gasteiger partial charge in [-0.2, -0.15) is 13.2 Å². The molecule has 60 heavy (non-hydrogen) atoms. The molecule has 0 aliphatic carbocycles. The second kappa shape index (κ2) is 17.1. The van der Waals surface area contributed by atoms with Crippen molar-refractivity contribution in [1.82, 2.24) is 14.9 Å². The number of amides is 1. The molecule has 1 fully saturated rings. The maximum Gasteiger partial charge on any atom is 0.418 e. The maximum atomic E-state index is 14.2. The lowest BCUT2D eigenvalue weighted by Crippen LogP contribution is -2.53. The van der Waals surface area contributed by atoms with Crippen LogP contribution in [-0.4, -0.2) is 83.5 Å². The number of anilines is 2. The molecule has 4 heterocycles. The highest BCUT2D eigenvalue weighted by molar-refractivity contribution is 6.07. The fourth-order valence-corrected chi connectivity index (χ4v) is 8.44. The van der Waals surface area contributed by atoms with Gasteiger partial charge in [-0.25, -0.2) is 4.39 Å². The van der Waals surface area contributed by atoms with Gasteiger partial charge < -0.3 is 30.8 Å². The van der Waals surface area contributed by atoms with Crippen LogP contribution in [0.2, 0.25) is 0 Å². The van der Waals surface area contributed by atoms with Crippen LogP contribution < -0.4 is 20.7 Å². The van der Waals surface area contributed by atoms with Gasteiger partial charge in [-0.1, -0.05) is 45.0 Å². The largest absolute Gasteiger partial charge is 0.493 e. The van der Waals surface area contributed by atoms with E-state index in [4.69, 9.17) is 10.5 Å². The highest BCUT2D eigenvalue weighted by Gasteiger charge is 2.56. The summed E-state index contributed by atoms with van der Waals surface area (Å²) in [6.45, 7) is 12.4. The third-order valence-corrected chi connectivity index (χ3v) is 11.6. The zero-order valence-corrected chi connectivity index (χ0v) is 34.4. The van der Waals surface area contributed by atoms with Crippen molar-refractivity contribution in [3.8, 4) is 17.0 Å². The number of nitrogens with two attached hydrogens (primary N) is 1. The van der Waals surface area contributed by atoms with Crippen LogP contribution in [0.4, 0.5) is 28.9 Å². The van der Waals surface area contributed by atoms with Crippen LogP contribution in [-0.2, 0) is 11.8 Å². The second-order valence-electron chi connectivity index (χ2n) is 16.5. The molecule has 2 aliphatic heterocycles. The summed E-state index contributed by atoms with van der Waals surface area (Å²) in [6.07, 6.45) is -3.89. The van der Waals surface area contributed by atoms with E-state index in [2.05, 4.69) is 56.3 Å². The van der Waals surface area contributed by atoms with Gasteiger partial charge in [0.15, 0.2) is 5.60 Å². The Morgan fingerprint density at radius 1 is 0.950 bits per heavy atom. The number of aliphatic hydroxyl groups is 1. The summed E-state index contributed by atoms with van der Waals surface area (Å²) in [5, 5.41) is 15.2. The van der Waals surface area contributed by atoms with E-state index in [-0.39, 0.29) is 0 Å². The molecule has 2 aromatic heterocycles. The lowest BCUT2D eigenvalue weighted by atomic mass is 9.74. The van der Waals surface area contributed by atoms with Crippen molar-refractivity contribution in [2.24, 2.45) is 5.73 Å². The summed E-state index contributed by atoms with van der Waals surface area (Å²) in [5.74, 6) is -0.521. The van der Waals surface area contributed by atoms with Crippen molar-refractivity contribution in [3.05, 3.63) is 119 Å². The van der Waals surface area contributed by atoms with E-state index in [1.54, 1.807) is 50.2 Å². The number of aromatic amines is 1. The Hall–Kier alpha value is -5.66. The van der Waals surface area contributed by atoms with Gasteiger partial charge >= 0.3 is 6.18 Å². The van der Waals surface area contributed by atoms with Crippen molar-refractivity contribution in [1.29, 1.82) is 0 Å². The van der Waals surface area contributed by atoms with Crippen LogP contribution in [0.25, 0.3) is 33.1 Å². The number of hydrogen-bond donors (Lipinski definition) is 4. The van der Waals surface area contributed by atoms with Gasteiger partial charge in [-0.3, -0.25) is 14.7 Å². The molecule has 0 spiro atoms. The fourth-order valence-electron chi connectivity index (χ4n) is 8.44. The number of carbonyl (C=O) groups is 1. The minimum Gasteiger partial charge on any atom is -0.493 e. The van der Waals surface area contributed by atoms with Crippen molar-refractivity contribution >= 4 is 39.1 Å². The summed E-state index contributed by atoms with van der Waals surface area (Å²) in [5.41, 5.74) is 8.88. The average Bonchev–Trinajstić information content (AvgIpc) is 3.87. The Morgan fingerprint density at radius 3 is 2.38 bits per heavy atom. The molecule has 1 saturated heterocycles. The number of rotatable bonds is 11. The van der Waals surface area contributed by atoms with E-state index < -0.39 is 41.9 Å². The molecule has 5 N–H and O–H groups in total. The number of alkyl halides is 3. The highest BCUT2D eigenvalue weighted by Crippen LogP contribution is 2.46. The van der Waals surface area contributed by atoms with E-state index in [0.29, 0.717) is 52.1 Å². The quantitative estimate of drug-likeness (QED) is 0.0963. The van der Waals surface area contributed by atoms with Crippen molar-refractivity contribution < 1.29 is 32.2 Å². The number of ether oxygens (including phenoxy) is 1. The lowest BCUT2D eigenvalue weighted by molar-refractivity contribution is -0.260. The first-order chi connectivity index (χ1) is 28.5. The number of piperazine rings is 1. The number of halogens is 4. The SMILES string of the molecule is CCCN1CCN(c2ccc(-c3cc4c(C(N)=O)cccc4[nH]3)cc2)CC1.Cc1ccc2c(NC[C@](O)(CC(C)(C)c3cc(F)cc4c3OCC4)C(F)(F)F)cccc2n1. The van der Waals surface area contributed by atoms with Crippen LogP contribution in [0.5, 0.6) is 5.75 Å². The van der Waals surface area contributed by atoms with Crippen molar-refractivity contribution in [2.75, 3.05) is 56.1 Å².